The lowest BCUT2D eigenvalue weighted by molar-refractivity contribution is 0.596. The Hall–Kier alpha value is -1.94. The molecule has 4 nitrogen and oxygen atoms in total. The van der Waals surface area contributed by atoms with Gasteiger partial charge in [0.05, 0.1) is 18.6 Å². The zero-order valence-corrected chi connectivity index (χ0v) is 11.9. The van der Waals surface area contributed by atoms with Crippen LogP contribution in [0.3, 0.4) is 0 Å². The molecule has 2 aromatic rings. The van der Waals surface area contributed by atoms with Crippen LogP contribution < -0.4 is 10.9 Å². The molecular formula is C16H19N3O. The summed E-state index contributed by atoms with van der Waals surface area (Å²) in [6.07, 6.45) is 2.44. The maximum Gasteiger partial charge on any atom is 0.257 e. The number of fused-ring (bicyclic) bond motifs is 1. The second-order valence-electron chi connectivity index (χ2n) is 5.45. The van der Waals surface area contributed by atoms with Crippen LogP contribution in [0.15, 0.2) is 29.3 Å². The summed E-state index contributed by atoms with van der Waals surface area (Å²) in [5, 5.41) is 3.24. The van der Waals surface area contributed by atoms with Crippen molar-refractivity contribution in [1.82, 2.24) is 14.9 Å². The van der Waals surface area contributed by atoms with Gasteiger partial charge < -0.3 is 5.32 Å². The smallest absolute Gasteiger partial charge is 0.257 e. The van der Waals surface area contributed by atoms with Crippen LogP contribution >= 0.6 is 0 Å². The normalized spacial score (nSPS) is 14.1. The lowest BCUT2D eigenvalue weighted by Gasteiger charge is -2.17. The Labute approximate surface area is 118 Å². The summed E-state index contributed by atoms with van der Waals surface area (Å²) in [5.74, 6) is 0. The van der Waals surface area contributed by atoms with Gasteiger partial charge in [0.2, 0.25) is 0 Å². The molecule has 0 saturated carbocycles. The van der Waals surface area contributed by atoms with E-state index in [4.69, 9.17) is 0 Å². The van der Waals surface area contributed by atoms with Gasteiger partial charge in [0.1, 0.15) is 0 Å². The van der Waals surface area contributed by atoms with Gasteiger partial charge >= 0.3 is 0 Å². The van der Waals surface area contributed by atoms with Crippen molar-refractivity contribution in [2.45, 2.75) is 33.4 Å². The first-order valence-corrected chi connectivity index (χ1v) is 6.99. The fourth-order valence-corrected chi connectivity index (χ4v) is 2.60. The van der Waals surface area contributed by atoms with Crippen molar-refractivity contribution in [3.63, 3.8) is 0 Å². The fraction of sp³-hybridized carbons (Fsp3) is 0.375. The quantitative estimate of drug-likeness (QED) is 0.900. The minimum Gasteiger partial charge on any atom is -0.311 e. The third-order valence-corrected chi connectivity index (χ3v) is 3.99. The van der Waals surface area contributed by atoms with Gasteiger partial charge in [0.25, 0.3) is 5.56 Å². The highest BCUT2D eigenvalue weighted by Gasteiger charge is 2.15. The highest BCUT2D eigenvalue weighted by atomic mass is 16.1. The van der Waals surface area contributed by atoms with E-state index in [0.29, 0.717) is 13.1 Å². The van der Waals surface area contributed by atoms with Gasteiger partial charge in [0.15, 0.2) is 0 Å². The number of nitrogens with zero attached hydrogens (tertiary/aromatic N) is 2. The second-order valence-corrected chi connectivity index (χ2v) is 5.45. The summed E-state index contributed by atoms with van der Waals surface area (Å²) in [5.41, 5.74) is 5.55. The molecule has 2 heterocycles. The van der Waals surface area contributed by atoms with Gasteiger partial charge in [-0.05, 0) is 43.5 Å². The molecule has 20 heavy (non-hydrogen) atoms. The summed E-state index contributed by atoms with van der Waals surface area (Å²) in [4.78, 5) is 16.9. The van der Waals surface area contributed by atoms with Crippen LogP contribution in [-0.2, 0) is 19.5 Å². The zero-order chi connectivity index (χ0) is 14.1. The van der Waals surface area contributed by atoms with Crippen molar-refractivity contribution in [1.29, 1.82) is 0 Å². The van der Waals surface area contributed by atoms with Crippen LogP contribution in [-0.4, -0.2) is 16.1 Å². The third kappa shape index (κ3) is 2.39. The molecule has 1 aromatic heterocycles. The minimum atomic E-state index is 0.106. The molecule has 0 aliphatic carbocycles. The molecule has 4 heteroatoms. The Morgan fingerprint density at radius 3 is 2.95 bits per heavy atom. The average molecular weight is 269 g/mol. The maximum atomic E-state index is 12.5. The summed E-state index contributed by atoms with van der Waals surface area (Å²) < 4.78 is 1.72. The first-order chi connectivity index (χ1) is 9.65. The molecule has 104 valence electrons. The highest BCUT2D eigenvalue weighted by molar-refractivity contribution is 5.30. The van der Waals surface area contributed by atoms with Crippen LogP contribution in [0.25, 0.3) is 0 Å². The van der Waals surface area contributed by atoms with Gasteiger partial charge in [-0.25, -0.2) is 4.98 Å². The van der Waals surface area contributed by atoms with E-state index in [1.807, 2.05) is 0 Å². The van der Waals surface area contributed by atoms with E-state index in [-0.39, 0.29) is 5.56 Å². The maximum absolute atomic E-state index is 12.5. The van der Waals surface area contributed by atoms with E-state index >= 15 is 0 Å². The van der Waals surface area contributed by atoms with Gasteiger partial charge in [-0.3, -0.25) is 9.36 Å². The predicted molar refractivity (Wildman–Crippen MR) is 78.9 cm³/mol. The van der Waals surface area contributed by atoms with Gasteiger partial charge in [-0.15, -0.1) is 0 Å². The first-order valence-electron chi connectivity index (χ1n) is 6.99. The van der Waals surface area contributed by atoms with E-state index in [1.54, 1.807) is 10.9 Å². The number of aryl methyl sites for hydroxylation is 2. The van der Waals surface area contributed by atoms with Crippen LogP contribution in [0.1, 0.15) is 27.9 Å². The van der Waals surface area contributed by atoms with Gasteiger partial charge in [-0.2, -0.15) is 0 Å². The van der Waals surface area contributed by atoms with Crippen LogP contribution in [0.5, 0.6) is 0 Å². The SMILES string of the molecule is Cc1ccc(Cn2cnc3c(c2=O)CCNC3)cc1C. The molecular weight excluding hydrogens is 250 g/mol. The van der Waals surface area contributed by atoms with Crippen molar-refractivity contribution in [3.05, 3.63) is 62.8 Å². The van der Waals surface area contributed by atoms with Crippen LogP contribution in [0.4, 0.5) is 0 Å². The van der Waals surface area contributed by atoms with Crippen LogP contribution in [0, 0.1) is 13.8 Å². The molecule has 0 amide bonds. The molecule has 1 aliphatic rings. The van der Waals surface area contributed by atoms with Crippen LogP contribution in [0.2, 0.25) is 0 Å². The number of hydrogen-bond acceptors (Lipinski definition) is 3. The Morgan fingerprint density at radius 2 is 2.15 bits per heavy atom. The van der Waals surface area contributed by atoms with E-state index in [1.165, 1.54) is 11.1 Å². The number of benzene rings is 1. The van der Waals surface area contributed by atoms with E-state index in [0.717, 1.165) is 29.8 Å². The summed E-state index contributed by atoms with van der Waals surface area (Å²) >= 11 is 0. The van der Waals surface area contributed by atoms with Crippen molar-refractivity contribution in [3.8, 4) is 0 Å². The molecule has 0 atom stereocenters. The minimum absolute atomic E-state index is 0.106. The molecule has 0 radical (unpaired) electrons. The molecule has 0 bridgehead atoms. The topological polar surface area (TPSA) is 46.9 Å². The number of nitrogens with one attached hydrogen (secondary N) is 1. The molecule has 3 rings (SSSR count). The lowest BCUT2D eigenvalue weighted by Crippen LogP contribution is -2.34. The van der Waals surface area contributed by atoms with Crippen molar-refractivity contribution in [2.24, 2.45) is 0 Å². The Kier molecular flexibility index (Phi) is 3.40. The van der Waals surface area contributed by atoms with E-state index in [9.17, 15) is 4.79 Å². The third-order valence-electron chi connectivity index (χ3n) is 3.99. The summed E-state index contributed by atoms with van der Waals surface area (Å²) in [7, 11) is 0. The van der Waals surface area contributed by atoms with E-state index < -0.39 is 0 Å². The zero-order valence-electron chi connectivity index (χ0n) is 11.9. The lowest BCUT2D eigenvalue weighted by atomic mass is 10.1. The number of hydrogen-bond donors (Lipinski definition) is 1. The summed E-state index contributed by atoms with van der Waals surface area (Å²) in [6, 6.07) is 6.32. The Morgan fingerprint density at radius 1 is 1.30 bits per heavy atom. The number of aromatic nitrogens is 2. The number of rotatable bonds is 2. The first kappa shape index (κ1) is 13.1. The standard InChI is InChI=1S/C16H19N3O/c1-11-3-4-13(7-12(11)2)9-19-10-18-15-8-17-6-5-14(15)16(19)20/h3-4,7,10,17H,5-6,8-9H2,1-2H3. The van der Waals surface area contributed by atoms with Gasteiger partial charge in [0, 0.05) is 12.1 Å². The summed E-state index contributed by atoms with van der Waals surface area (Å²) in [6.45, 7) is 6.34. The molecule has 1 aromatic carbocycles. The van der Waals surface area contributed by atoms with Crippen molar-refractivity contribution >= 4 is 0 Å². The monoisotopic (exact) mass is 269 g/mol. The largest absolute Gasteiger partial charge is 0.311 e. The molecule has 1 N–H and O–H groups in total. The molecule has 0 saturated heterocycles. The highest BCUT2D eigenvalue weighted by Crippen LogP contribution is 2.11. The predicted octanol–water partition coefficient (Wildman–Crippen LogP) is 1.55. The van der Waals surface area contributed by atoms with Crippen molar-refractivity contribution < 1.29 is 0 Å². The van der Waals surface area contributed by atoms with Crippen molar-refractivity contribution in [2.75, 3.05) is 6.54 Å². The molecule has 1 aliphatic heterocycles. The Balaban J connectivity index is 1.95. The molecule has 0 unspecified atom stereocenters. The second kappa shape index (κ2) is 5.21. The van der Waals surface area contributed by atoms with E-state index in [2.05, 4.69) is 42.3 Å². The average Bonchev–Trinajstić information content (AvgIpc) is 2.46. The fourth-order valence-electron chi connectivity index (χ4n) is 2.60. The Bertz CT molecular complexity index is 703. The van der Waals surface area contributed by atoms with Gasteiger partial charge in [-0.1, -0.05) is 18.2 Å². The molecule has 0 fully saturated rings. The molecule has 0 spiro atoms.